The highest BCUT2D eigenvalue weighted by atomic mass is 16.7. The Morgan fingerprint density at radius 2 is 1.69 bits per heavy atom. The van der Waals surface area contributed by atoms with Gasteiger partial charge in [-0.1, -0.05) is 20.8 Å². The van der Waals surface area contributed by atoms with Crippen LogP contribution in [-0.2, 0) is 9.47 Å². The quantitative estimate of drug-likeness (QED) is 0.785. The summed E-state index contributed by atoms with van der Waals surface area (Å²) in [5.74, 6) is -0.208. The summed E-state index contributed by atoms with van der Waals surface area (Å²) in [6.07, 6.45) is 4.45. The minimum absolute atomic E-state index is 0.208. The Morgan fingerprint density at radius 3 is 2.19 bits per heavy atom. The highest BCUT2D eigenvalue weighted by molar-refractivity contribution is 4.86. The van der Waals surface area contributed by atoms with Crippen LogP contribution in [0.15, 0.2) is 0 Å². The van der Waals surface area contributed by atoms with Crippen LogP contribution in [0.1, 0.15) is 46.5 Å². The van der Waals surface area contributed by atoms with Crippen molar-refractivity contribution in [2.45, 2.75) is 58.3 Å². The van der Waals surface area contributed by atoms with Gasteiger partial charge in [-0.25, -0.2) is 0 Å². The minimum Gasteiger partial charge on any atom is -0.348 e. The molecule has 16 heavy (non-hydrogen) atoms. The van der Waals surface area contributed by atoms with Gasteiger partial charge in [0, 0.05) is 25.4 Å². The summed E-state index contributed by atoms with van der Waals surface area (Å²) >= 11 is 0. The Bertz CT molecular complexity index is 219. The van der Waals surface area contributed by atoms with Crippen LogP contribution in [0.5, 0.6) is 0 Å². The summed E-state index contributed by atoms with van der Waals surface area (Å²) in [5, 5.41) is 3.66. The Morgan fingerprint density at radius 1 is 1.12 bits per heavy atom. The van der Waals surface area contributed by atoms with Crippen molar-refractivity contribution in [3.05, 3.63) is 0 Å². The second kappa shape index (κ2) is 4.63. The number of nitrogens with one attached hydrogen (secondary N) is 1. The molecular formula is C13H25NO2. The van der Waals surface area contributed by atoms with Gasteiger partial charge in [0.15, 0.2) is 5.79 Å². The summed E-state index contributed by atoms with van der Waals surface area (Å²) in [5.41, 5.74) is 0.371. The molecule has 2 rings (SSSR count). The van der Waals surface area contributed by atoms with Gasteiger partial charge in [0.05, 0.1) is 13.2 Å². The third kappa shape index (κ3) is 3.19. The number of hydrogen-bond donors (Lipinski definition) is 1. The lowest BCUT2D eigenvalue weighted by molar-refractivity contribution is -0.179. The molecular weight excluding hydrogens is 202 g/mol. The van der Waals surface area contributed by atoms with Crippen molar-refractivity contribution < 1.29 is 9.47 Å². The molecule has 0 unspecified atom stereocenters. The molecule has 1 aliphatic carbocycles. The number of rotatable bonds is 2. The first kappa shape index (κ1) is 12.3. The lowest BCUT2D eigenvalue weighted by Crippen LogP contribution is -2.44. The first-order valence-electron chi connectivity index (χ1n) is 6.50. The molecule has 2 fully saturated rings. The van der Waals surface area contributed by atoms with Crippen LogP contribution in [0.2, 0.25) is 0 Å². The minimum atomic E-state index is -0.208. The smallest absolute Gasteiger partial charge is 0.168 e. The van der Waals surface area contributed by atoms with Gasteiger partial charge in [0.1, 0.15) is 0 Å². The largest absolute Gasteiger partial charge is 0.348 e. The van der Waals surface area contributed by atoms with Gasteiger partial charge in [-0.3, -0.25) is 0 Å². The molecule has 3 heteroatoms. The fraction of sp³-hybridized carbons (Fsp3) is 1.00. The standard InChI is InChI=1S/C13H25NO2/c1-12(2,3)10-14-11-4-6-13(7-5-11)15-8-9-16-13/h11,14H,4-10H2,1-3H3. The molecule has 1 heterocycles. The Labute approximate surface area is 98.9 Å². The summed E-state index contributed by atoms with van der Waals surface area (Å²) in [7, 11) is 0. The van der Waals surface area contributed by atoms with Crippen LogP contribution >= 0.6 is 0 Å². The van der Waals surface area contributed by atoms with Crippen LogP contribution < -0.4 is 5.32 Å². The summed E-state index contributed by atoms with van der Waals surface area (Å²) < 4.78 is 11.5. The van der Waals surface area contributed by atoms with E-state index in [0.29, 0.717) is 11.5 Å². The van der Waals surface area contributed by atoms with Gasteiger partial charge in [-0.15, -0.1) is 0 Å². The molecule has 0 amide bonds. The van der Waals surface area contributed by atoms with E-state index in [0.717, 1.165) is 32.6 Å². The van der Waals surface area contributed by atoms with Gasteiger partial charge in [0.2, 0.25) is 0 Å². The van der Waals surface area contributed by atoms with Gasteiger partial charge < -0.3 is 14.8 Å². The van der Waals surface area contributed by atoms with Gasteiger partial charge in [-0.05, 0) is 18.3 Å². The van der Waals surface area contributed by atoms with E-state index in [1.54, 1.807) is 0 Å². The van der Waals surface area contributed by atoms with Gasteiger partial charge in [0.25, 0.3) is 0 Å². The van der Waals surface area contributed by atoms with Crippen LogP contribution in [-0.4, -0.2) is 31.6 Å². The normalized spacial score (nSPS) is 26.4. The van der Waals surface area contributed by atoms with E-state index in [1.807, 2.05) is 0 Å². The zero-order valence-corrected chi connectivity index (χ0v) is 10.8. The molecule has 1 N–H and O–H groups in total. The Hall–Kier alpha value is -0.120. The summed E-state index contributed by atoms with van der Waals surface area (Å²) in [6.45, 7) is 9.46. The summed E-state index contributed by atoms with van der Waals surface area (Å²) in [6, 6.07) is 0.651. The van der Waals surface area contributed by atoms with Crippen molar-refractivity contribution >= 4 is 0 Å². The van der Waals surface area contributed by atoms with Gasteiger partial charge >= 0.3 is 0 Å². The van der Waals surface area contributed by atoms with Crippen molar-refractivity contribution in [1.82, 2.24) is 5.32 Å². The molecule has 0 radical (unpaired) electrons. The molecule has 0 bridgehead atoms. The number of hydrogen-bond acceptors (Lipinski definition) is 3. The second-order valence-electron chi connectivity index (χ2n) is 6.32. The summed E-state index contributed by atoms with van der Waals surface area (Å²) in [4.78, 5) is 0. The maximum atomic E-state index is 5.73. The molecule has 2 aliphatic rings. The number of ether oxygens (including phenoxy) is 2. The third-order valence-electron chi connectivity index (χ3n) is 3.48. The second-order valence-corrected chi connectivity index (χ2v) is 6.32. The lowest BCUT2D eigenvalue weighted by atomic mass is 9.88. The van der Waals surface area contributed by atoms with E-state index in [1.165, 1.54) is 12.8 Å². The van der Waals surface area contributed by atoms with Crippen LogP contribution in [0.4, 0.5) is 0 Å². The van der Waals surface area contributed by atoms with E-state index >= 15 is 0 Å². The van der Waals surface area contributed by atoms with Crippen molar-refractivity contribution in [3.63, 3.8) is 0 Å². The van der Waals surface area contributed by atoms with E-state index < -0.39 is 0 Å². The van der Waals surface area contributed by atoms with E-state index in [4.69, 9.17) is 9.47 Å². The van der Waals surface area contributed by atoms with Crippen molar-refractivity contribution in [2.24, 2.45) is 5.41 Å². The topological polar surface area (TPSA) is 30.5 Å². The van der Waals surface area contributed by atoms with Gasteiger partial charge in [-0.2, -0.15) is 0 Å². The van der Waals surface area contributed by atoms with E-state index in [9.17, 15) is 0 Å². The molecule has 0 aromatic rings. The fourth-order valence-corrected chi connectivity index (χ4v) is 2.50. The zero-order valence-electron chi connectivity index (χ0n) is 10.8. The van der Waals surface area contributed by atoms with Crippen LogP contribution in [0.25, 0.3) is 0 Å². The molecule has 3 nitrogen and oxygen atoms in total. The molecule has 94 valence electrons. The van der Waals surface area contributed by atoms with Crippen molar-refractivity contribution in [2.75, 3.05) is 19.8 Å². The molecule has 1 spiro atoms. The SMILES string of the molecule is CC(C)(C)CNC1CCC2(CC1)OCCO2. The van der Waals surface area contributed by atoms with Crippen molar-refractivity contribution in [3.8, 4) is 0 Å². The first-order valence-corrected chi connectivity index (χ1v) is 6.50. The molecule has 0 atom stereocenters. The average molecular weight is 227 g/mol. The molecule has 1 saturated heterocycles. The van der Waals surface area contributed by atoms with Crippen LogP contribution in [0.3, 0.4) is 0 Å². The highest BCUT2D eigenvalue weighted by Gasteiger charge is 2.40. The average Bonchev–Trinajstić information content (AvgIpc) is 2.65. The molecule has 0 aromatic carbocycles. The monoisotopic (exact) mass is 227 g/mol. The highest BCUT2D eigenvalue weighted by Crippen LogP contribution is 2.35. The molecule has 0 aromatic heterocycles. The predicted molar refractivity (Wildman–Crippen MR) is 64.3 cm³/mol. The molecule has 1 aliphatic heterocycles. The van der Waals surface area contributed by atoms with E-state index in [2.05, 4.69) is 26.1 Å². The Balaban J connectivity index is 1.73. The zero-order chi connectivity index (χ0) is 11.6. The maximum Gasteiger partial charge on any atom is 0.168 e. The molecule has 1 saturated carbocycles. The predicted octanol–water partition coefficient (Wildman–Crippen LogP) is 2.31. The third-order valence-corrected chi connectivity index (χ3v) is 3.48. The maximum absolute atomic E-state index is 5.73. The van der Waals surface area contributed by atoms with E-state index in [-0.39, 0.29) is 5.79 Å². The first-order chi connectivity index (χ1) is 7.49. The lowest BCUT2D eigenvalue weighted by Gasteiger charge is -2.36. The Kier molecular flexibility index (Phi) is 3.57. The van der Waals surface area contributed by atoms with Crippen molar-refractivity contribution in [1.29, 1.82) is 0 Å². The fourth-order valence-electron chi connectivity index (χ4n) is 2.50. The van der Waals surface area contributed by atoms with Crippen LogP contribution in [0, 0.1) is 5.41 Å².